The van der Waals surface area contributed by atoms with E-state index >= 15 is 0 Å². The molecule has 3 aromatic carbocycles. The second-order valence-corrected chi connectivity index (χ2v) is 5.62. The van der Waals surface area contributed by atoms with Crippen LogP contribution in [-0.4, -0.2) is 9.55 Å². The average Bonchev–Trinajstić information content (AvgIpc) is 3.01. The maximum Gasteiger partial charge on any atom is 0.114 e. The first-order chi connectivity index (χ1) is 11.4. The van der Waals surface area contributed by atoms with E-state index in [2.05, 4.69) is 78.2 Å². The Bertz CT molecular complexity index is 938. The smallest absolute Gasteiger partial charge is 0.114 e. The number of nitrogens with zero attached hydrogens (tertiary/aromatic N) is 2. The number of imidazole rings is 1. The molecule has 0 N–H and O–H groups in total. The summed E-state index contributed by atoms with van der Waals surface area (Å²) in [6.45, 7) is 2.15. The van der Waals surface area contributed by atoms with E-state index in [4.69, 9.17) is 4.98 Å². The lowest BCUT2D eigenvalue weighted by Gasteiger charge is -2.08. The van der Waals surface area contributed by atoms with Crippen LogP contribution in [0.2, 0.25) is 0 Å². The minimum absolute atomic E-state index is 0.907. The van der Waals surface area contributed by atoms with Gasteiger partial charge in [0.2, 0.25) is 0 Å². The number of aromatic nitrogens is 2. The predicted molar refractivity (Wildman–Crippen MR) is 95.9 cm³/mol. The number of fused-ring (bicyclic) bond motifs is 1. The van der Waals surface area contributed by atoms with Crippen LogP contribution in [-0.2, 0) is 6.42 Å². The summed E-state index contributed by atoms with van der Waals surface area (Å²) in [6.07, 6.45) is 0.907. The summed E-state index contributed by atoms with van der Waals surface area (Å²) in [5, 5.41) is 0. The first kappa shape index (κ1) is 13.8. The van der Waals surface area contributed by atoms with Gasteiger partial charge in [0, 0.05) is 12.1 Å². The van der Waals surface area contributed by atoms with Gasteiger partial charge in [0.05, 0.1) is 11.0 Å². The second kappa shape index (κ2) is 5.73. The van der Waals surface area contributed by atoms with Crippen LogP contribution in [0.25, 0.3) is 27.8 Å². The molecule has 1 aromatic heterocycles. The maximum absolute atomic E-state index is 4.86. The third kappa shape index (κ3) is 2.42. The molecule has 0 aliphatic heterocycles. The minimum atomic E-state index is 0.907. The van der Waals surface area contributed by atoms with Crippen molar-refractivity contribution in [3.8, 4) is 16.8 Å². The van der Waals surface area contributed by atoms with Gasteiger partial charge in [0.1, 0.15) is 5.82 Å². The number of rotatable bonds is 3. The Hall–Kier alpha value is -2.87. The topological polar surface area (TPSA) is 17.8 Å². The van der Waals surface area contributed by atoms with Gasteiger partial charge in [-0.25, -0.2) is 4.98 Å². The van der Waals surface area contributed by atoms with Crippen LogP contribution >= 0.6 is 0 Å². The minimum Gasteiger partial charge on any atom is -0.296 e. The summed E-state index contributed by atoms with van der Waals surface area (Å²) >= 11 is 0. The van der Waals surface area contributed by atoms with E-state index in [1.54, 1.807) is 0 Å². The highest BCUT2D eigenvalue weighted by Crippen LogP contribution is 2.27. The van der Waals surface area contributed by atoms with Gasteiger partial charge in [-0.1, -0.05) is 61.5 Å². The van der Waals surface area contributed by atoms with Crippen LogP contribution in [0.5, 0.6) is 0 Å². The van der Waals surface area contributed by atoms with E-state index in [1.807, 2.05) is 12.1 Å². The summed E-state index contributed by atoms with van der Waals surface area (Å²) in [6, 6.07) is 27.4. The Kier molecular flexibility index (Phi) is 3.43. The van der Waals surface area contributed by atoms with Crippen molar-refractivity contribution in [1.29, 1.82) is 0 Å². The fourth-order valence-corrected chi connectivity index (χ4v) is 3.04. The van der Waals surface area contributed by atoms with Crippen molar-refractivity contribution in [2.75, 3.05) is 0 Å². The van der Waals surface area contributed by atoms with Crippen molar-refractivity contribution in [2.24, 2.45) is 0 Å². The first-order valence-corrected chi connectivity index (χ1v) is 7.99. The van der Waals surface area contributed by atoms with E-state index in [9.17, 15) is 0 Å². The lowest BCUT2D eigenvalue weighted by Crippen LogP contribution is -1.99. The van der Waals surface area contributed by atoms with E-state index < -0.39 is 0 Å². The number of para-hydroxylation sites is 1. The predicted octanol–water partition coefficient (Wildman–Crippen LogP) is 5.25. The Morgan fingerprint density at radius 2 is 1.48 bits per heavy atom. The number of hydrogen-bond acceptors (Lipinski definition) is 1. The van der Waals surface area contributed by atoms with Crippen LogP contribution in [0.15, 0.2) is 78.9 Å². The van der Waals surface area contributed by atoms with Gasteiger partial charge in [-0.3, -0.25) is 4.57 Å². The molecule has 0 fully saturated rings. The molecular weight excluding hydrogens is 280 g/mol. The zero-order valence-electron chi connectivity index (χ0n) is 13.1. The summed E-state index contributed by atoms with van der Waals surface area (Å²) in [7, 11) is 0. The Labute approximate surface area is 136 Å². The fraction of sp³-hybridized carbons (Fsp3) is 0.0952. The van der Waals surface area contributed by atoms with Gasteiger partial charge in [0.15, 0.2) is 0 Å². The molecule has 0 unspecified atom stereocenters. The van der Waals surface area contributed by atoms with Crippen molar-refractivity contribution < 1.29 is 0 Å². The quantitative estimate of drug-likeness (QED) is 0.505. The molecule has 0 saturated heterocycles. The van der Waals surface area contributed by atoms with Crippen molar-refractivity contribution >= 4 is 11.0 Å². The van der Waals surface area contributed by atoms with Crippen LogP contribution in [0.4, 0.5) is 0 Å². The van der Waals surface area contributed by atoms with Crippen LogP contribution in [0, 0.1) is 0 Å². The van der Waals surface area contributed by atoms with Gasteiger partial charge in [0.25, 0.3) is 0 Å². The molecule has 0 spiro atoms. The largest absolute Gasteiger partial charge is 0.296 e. The molecule has 4 rings (SSSR count). The van der Waals surface area contributed by atoms with E-state index in [0.29, 0.717) is 0 Å². The summed E-state index contributed by atoms with van der Waals surface area (Å²) in [5.41, 5.74) is 5.80. The zero-order valence-corrected chi connectivity index (χ0v) is 13.1. The lowest BCUT2D eigenvalue weighted by atomic mass is 10.1. The highest BCUT2D eigenvalue weighted by Gasteiger charge is 2.11. The van der Waals surface area contributed by atoms with E-state index in [0.717, 1.165) is 23.3 Å². The second-order valence-electron chi connectivity index (χ2n) is 5.62. The number of benzene rings is 3. The molecule has 0 aliphatic rings. The molecule has 23 heavy (non-hydrogen) atoms. The van der Waals surface area contributed by atoms with Crippen LogP contribution < -0.4 is 0 Å². The van der Waals surface area contributed by atoms with Gasteiger partial charge < -0.3 is 0 Å². The highest BCUT2D eigenvalue weighted by atomic mass is 15.1. The van der Waals surface area contributed by atoms with Crippen LogP contribution in [0.1, 0.15) is 12.7 Å². The summed E-state index contributed by atoms with van der Waals surface area (Å²) in [4.78, 5) is 4.86. The van der Waals surface area contributed by atoms with Gasteiger partial charge >= 0.3 is 0 Å². The monoisotopic (exact) mass is 298 g/mol. The lowest BCUT2D eigenvalue weighted by molar-refractivity contribution is 0.908. The number of aryl methyl sites for hydroxylation is 1. The molecule has 0 amide bonds. The molecule has 0 saturated carbocycles. The fourth-order valence-electron chi connectivity index (χ4n) is 3.04. The SMILES string of the molecule is CCc1nc2cc(-c3ccccc3)ccc2n1-c1ccccc1. The summed E-state index contributed by atoms with van der Waals surface area (Å²) in [5.74, 6) is 1.09. The Morgan fingerprint density at radius 3 is 2.17 bits per heavy atom. The standard InChI is InChI=1S/C21H18N2/c1-2-21-22-19-15-17(16-9-5-3-6-10-16)13-14-20(19)23(21)18-11-7-4-8-12-18/h3-15H,2H2,1H3. The molecule has 0 radical (unpaired) electrons. The van der Waals surface area contributed by atoms with Crippen molar-refractivity contribution in [3.05, 3.63) is 84.7 Å². The first-order valence-electron chi connectivity index (χ1n) is 7.99. The van der Waals surface area contributed by atoms with Gasteiger partial charge in [-0.2, -0.15) is 0 Å². The molecule has 0 bridgehead atoms. The summed E-state index contributed by atoms with van der Waals surface area (Å²) < 4.78 is 2.25. The van der Waals surface area contributed by atoms with E-state index in [-0.39, 0.29) is 0 Å². The molecule has 4 aromatic rings. The van der Waals surface area contributed by atoms with Crippen molar-refractivity contribution in [2.45, 2.75) is 13.3 Å². The molecule has 0 aliphatic carbocycles. The Morgan fingerprint density at radius 1 is 0.783 bits per heavy atom. The molecule has 112 valence electrons. The number of hydrogen-bond donors (Lipinski definition) is 0. The molecule has 2 nitrogen and oxygen atoms in total. The molecule has 2 heteroatoms. The zero-order chi connectivity index (χ0) is 15.6. The van der Waals surface area contributed by atoms with Gasteiger partial charge in [-0.15, -0.1) is 0 Å². The third-order valence-corrected chi connectivity index (χ3v) is 4.16. The Balaban J connectivity index is 1.92. The van der Waals surface area contributed by atoms with Crippen molar-refractivity contribution in [1.82, 2.24) is 9.55 Å². The third-order valence-electron chi connectivity index (χ3n) is 4.16. The van der Waals surface area contributed by atoms with Crippen molar-refractivity contribution in [3.63, 3.8) is 0 Å². The molecule has 1 heterocycles. The maximum atomic E-state index is 4.86. The normalized spacial score (nSPS) is 11.0. The van der Waals surface area contributed by atoms with Gasteiger partial charge in [-0.05, 0) is 35.4 Å². The van der Waals surface area contributed by atoms with Crippen LogP contribution in [0.3, 0.4) is 0 Å². The highest BCUT2D eigenvalue weighted by molar-refractivity contribution is 5.84. The molecular formula is C21H18N2. The average molecular weight is 298 g/mol. The molecule has 0 atom stereocenters. The van der Waals surface area contributed by atoms with E-state index in [1.165, 1.54) is 16.8 Å².